The van der Waals surface area contributed by atoms with Crippen LogP contribution in [0.2, 0.25) is 10.0 Å². The van der Waals surface area contributed by atoms with Gasteiger partial charge in [-0.2, -0.15) is 0 Å². The molecule has 1 aliphatic rings. The number of benzene rings is 3. The Hall–Kier alpha value is -2.82. The maximum absolute atomic E-state index is 14.0. The number of fused-ring (bicyclic) bond motifs is 1. The van der Waals surface area contributed by atoms with Crippen LogP contribution in [0.5, 0.6) is 11.5 Å². The van der Waals surface area contributed by atoms with Gasteiger partial charge >= 0.3 is 0 Å². The fraction of sp³-hybridized carbons (Fsp3) is 0.0455. The summed E-state index contributed by atoms with van der Waals surface area (Å²) in [5, 5.41) is 0.830. The lowest BCUT2D eigenvalue weighted by Gasteiger charge is -2.07. The number of rotatable bonds is 4. The van der Waals surface area contributed by atoms with Crippen LogP contribution in [0.3, 0.4) is 0 Å². The molecule has 0 unspecified atom stereocenters. The van der Waals surface area contributed by atoms with E-state index in [0.29, 0.717) is 28.7 Å². The fourth-order valence-electron chi connectivity index (χ4n) is 2.83. The van der Waals surface area contributed by atoms with Crippen LogP contribution in [0.25, 0.3) is 6.08 Å². The molecule has 3 aromatic rings. The zero-order valence-corrected chi connectivity index (χ0v) is 15.9. The summed E-state index contributed by atoms with van der Waals surface area (Å²) in [4.78, 5) is 12.5. The molecule has 4 rings (SSSR count). The molecule has 0 atom stereocenters. The first-order valence-electron chi connectivity index (χ1n) is 8.41. The molecule has 0 saturated heterocycles. The second kappa shape index (κ2) is 7.66. The van der Waals surface area contributed by atoms with E-state index in [-0.39, 0.29) is 22.1 Å². The number of allylic oxidation sites excluding steroid dienone is 1. The van der Waals surface area contributed by atoms with Crippen molar-refractivity contribution in [3.63, 3.8) is 0 Å². The molecule has 3 nitrogen and oxygen atoms in total. The van der Waals surface area contributed by atoms with E-state index in [1.54, 1.807) is 30.3 Å². The van der Waals surface area contributed by atoms with E-state index in [4.69, 9.17) is 32.7 Å². The minimum absolute atomic E-state index is 0.00833. The summed E-state index contributed by atoms with van der Waals surface area (Å²) < 4.78 is 25.4. The zero-order chi connectivity index (χ0) is 19.7. The van der Waals surface area contributed by atoms with Crippen LogP contribution in [0.4, 0.5) is 4.39 Å². The summed E-state index contributed by atoms with van der Waals surface area (Å²) in [7, 11) is 0. The van der Waals surface area contributed by atoms with E-state index in [2.05, 4.69) is 0 Å². The summed E-state index contributed by atoms with van der Waals surface area (Å²) in [6.45, 7) is 0.320. The molecule has 1 aliphatic heterocycles. The Morgan fingerprint density at radius 3 is 2.64 bits per heavy atom. The molecule has 6 heteroatoms. The molecule has 0 radical (unpaired) electrons. The molecule has 1 heterocycles. The standard InChI is InChI=1S/C22H13Cl2FO3/c23-14-4-1-3-13(9-14)12-27-15-7-8-16-20(10-15)28-21(22(16)26)11-17-18(24)5-2-6-19(17)25/h1-11H,12H2. The van der Waals surface area contributed by atoms with E-state index < -0.39 is 5.82 Å². The van der Waals surface area contributed by atoms with Gasteiger partial charge in [-0.25, -0.2) is 4.39 Å². The summed E-state index contributed by atoms with van der Waals surface area (Å²) in [6, 6.07) is 16.6. The minimum atomic E-state index is -0.530. The van der Waals surface area contributed by atoms with Gasteiger partial charge in [-0.15, -0.1) is 0 Å². The van der Waals surface area contributed by atoms with Gasteiger partial charge in [-0.3, -0.25) is 4.79 Å². The van der Waals surface area contributed by atoms with Crippen molar-refractivity contribution >= 4 is 35.1 Å². The van der Waals surface area contributed by atoms with Gasteiger partial charge < -0.3 is 9.47 Å². The lowest BCUT2D eigenvalue weighted by atomic mass is 10.1. The molecule has 0 amide bonds. The van der Waals surface area contributed by atoms with Gasteiger partial charge in [-0.05, 0) is 48.0 Å². The van der Waals surface area contributed by atoms with Crippen molar-refractivity contribution < 1.29 is 18.7 Å². The van der Waals surface area contributed by atoms with Crippen LogP contribution in [-0.2, 0) is 6.61 Å². The molecule has 0 aliphatic carbocycles. The summed E-state index contributed by atoms with van der Waals surface area (Å²) in [5.41, 5.74) is 1.41. The Labute approximate surface area is 170 Å². The largest absolute Gasteiger partial charge is 0.489 e. The third-order valence-electron chi connectivity index (χ3n) is 4.21. The third-order valence-corrected chi connectivity index (χ3v) is 4.78. The maximum atomic E-state index is 14.0. The molecule has 28 heavy (non-hydrogen) atoms. The molecule has 0 bridgehead atoms. The van der Waals surface area contributed by atoms with Gasteiger partial charge in [-0.1, -0.05) is 41.4 Å². The van der Waals surface area contributed by atoms with E-state index in [1.165, 1.54) is 18.2 Å². The average Bonchev–Trinajstić information content (AvgIpc) is 2.98. The van der Waals surface area contributed by atoms with Gasteiger partial charge in [0.2, 0.25) is 5.78 Å². The highest BCUT2D eigenvalue weighted by atomic mass is 35.5. The van der Waals surface area contributed by atoms with Crippen LogP contribution in [0.15, 0.2) is 66.4 Å². The maximum Gasteiger partial charge on any atom is 0.231 e. The van der Waals surface area contributed by atoms with Crippen LogP contribution in [0.1, 0.15) is 21.5 Å². The van der Waals surface area contributed by atoms with Crippen molar-refractivity contribution in [3.05, 3.63) is 99.0 Å². The van der Waals surface area contributed by atoms with E-state index in [9.17, 15) is 9.18 Å². The first-order valence-corrected chi connectivity index (χ1v) is 9.16. The van der Waals surface area contributed by atoms with Gasteiger partial charge in [0, 0.05) is 16.7 Å². The Morgan fingerprint density at radius 2 is 1.86 bits per heavy atom. The van der Waals surface area contributed by atoms with Gasteiger partial charge in [0.15, 0.2) is 5.76 Å². The molecular formula is C22H13Cl2FO3. The predicted molar refractivity (Wildman–Crippen MR) is 107 cm³/mol. The number of hydrogen-bond acceptors (Lipinski definition) is 3. The topological polar surface area (TPSA) is 35.5 Å². The summed E-state index contributed by atoms with van der Waals surface area (Å²) in [6.07, 6.45) is 1.31. The minimum Gasteiger partial charge on any atom is -0.489 e. The molecule has 0 fully saturated rings. The zero-order valence-electron chi connectivity index (χ0n) is 14.4. The number of carbonyl (C=O) groups is 1. The number of hydrogen-bond donors (Lipinski definition) is 0. The number of Topliss-reactive ketones (excluding diaryl/α,β-unsaturated/α-hetero) is 1. The summed E-state index contributed by atoms with van der Waals surface area (Å²) in [5.74, 6) is 0.0339. The molecule has 140 valence electrons. The van der Waals surface area contributed by atoms with Crippen molar-refractivity contribution in [2.45, 2.75) is 6.61 Å². The fourth-order valence-corrected chi connectivity index (χ4v) is 3.26. The summed E-state index contributed by atoms with van der Waals surface area (Å²) >= 11 is 12.0. The molecular weight excluding hydrogens is 402 g/mol. The Kier molecular flexibility index (Phi) is 5.07. The Morgan fingerprint density at radius 1 is 1.04 bits per heavy atom. The lowest BCUT2D eigenvalue weighted by Crippen LogP contribution is -1.99. The predicted octanol–water partition coefficient (Wildman–Crippen LogP) is 6.33. The first-order chi connectivity index (χ1) is 13.5. The van der Waals surface area contributed by atoms with Gasteiger partial charge in [0.25, 0.3) is 0 Å². The second-order valence-corrected chi connectivity index (χ2v) is 7.00. The lowest BCUT2D eigenvalue weighted by molar-refractivity contribution is 0.101. The molecule has 0 saturated carbocycles. The Bertz CT molecular complexity index is 1090. The van der Waals surface area contributed by atoms with Crippen LogP contribution in [-0.4, -0.2) is 5.78 Å². The van der Waals surface area contributed by atoms with E-state index in [1.807, 2.05) is 18.2 Å². The molecule has 0 aromatic heterocycles. The highest BCUT2D eigenvalue weighted by molar-refractivity contribution is 6.32. The molecule has 3 aromatic carbocycles. The molecule has 0 N–H and O–H groups in total. The van der Waals surface area contributed by atoms with Crippen molar-refractivity contribution in [1.29, 1.82) is 0 Å². The monoisotopic (exact) mass is 414 g/mol. The van der Waals surface area contributed by atoms with Crippen molar-refractivity contribution in [2.75, 3.05) is 0 Å². The number of ketones is 1. The van der Waals surface area contributed by atoms with Gasteiger partial charge in [0.1, 0.15) is 23.9 Å². The molecule has 0 spiro atoms. The second-order valence-electron chi connectivity index (χ2n) is 6.15. The smallest absolute Gasteiger partial charge is 0.231 e. The third kappa shape index (κ3) is 3.75. The average molecular weight is 415 g/mol. The first kappa shape index (κ1) is 18.5. The SMILES string of the molecule is O=C1C(=Cc2c(F)cccc2Cl)Oc2cc(OCc3cccc(Cl)c3)ccc21. The van der Waals surface area contributed by atoms with Crippen molar-refractivity contribution in [3.8, 4) is 11.5 Å². The van der Waals surface area contributed by atoms with E-state index >= 15 is 0 Å². The van der Waals surface area contributed by atoms with Crippen LogP contribution in [0, 0.1) is 5.82 Å². The highest BCUT2D eigenvalue weighted by Crippen LogP contribution is 2.36. The van der Waals surface area contributed by atoms with Crippen molar-refractivity contribution in [1.82, 2.24) is 0 Å². The normalized spacial score (nSPS) is 14.1. The van der Waals surface area contributed by atoms with Crippen molar-refractivity contribution in [2.24, 2.45) is 0 Å². The number of halogens is 3. The van der Waals surface area contributed by atoms with Gasteiger partial charge in [0.05, 0.1) is 10.6 Å². The highest BCUT2D eigenvalue weighted by Gasteiger charge is 2.28. The Balaban J connectivity index is 1.55. The van der Waals surface area contributed by atoms with Crippen LogP contribution < -0.4 is 9.47 Å². The number of carbonyl (C=O) groups excluding carboxylic acids is 1. The number of ether oxygens (including phenoxy) is 2. The van der Waals surface area contributed by atoms with E-state index in [0.717, 1.165) is 5.56 Å². The van der Waals surface area contributed by atoms with Crippen LogP contribution >= 0.6 is 23.2 Å². The quantitative estimate of drug-likeness (QED) is 0.468.